The molecule has 166 valence electrons. The predicted molar refractivity (Wildman–Crippen MR) is 127 cm³/mol. The molecule has 1 amide bonds. The lowest BCUT2D eigenvalue weighted by atomic mass is 9.95. The SMILES string of the molecule is C=CCN(c1nc(C)c(C)nc1Cc1ccccc1)C(CC)C(=O)NC1CCCCC1. The van der Waals surface area contributed by atoms with Gasteiger partial charge in [-0.2, -0.15) is 0 Å². The van der Waals surface area contributed by atoms with Crippen LogP contribution in [0.3, 0.4) is 0 Å². The maximum atomic E-state index is 13.3. The Morgan fingerprint density at radius 2 is 1.84 bits per heavy atom. The van der Waals surface area contributed by atoms with Crippen LogP contribution in [0.4, 0.5) is 5.82 Å². The Kier molecular flexibility index (Phi) is 8.21. The first-order valence-electron chi connectivity index (χ1n) is 11.6. The number of nitrogens with one attached hydrogen (secondary N) is 1. The fourth-order valence-corrected chi connectivity index (χ4v) is 4.37. The van der Waals surface area contributed by atoms with Crippen LogP contribution in [0, 0.1) is 13.8 Å². The van der Waals surface area contributed by atoms with Gasteiger partial charge in [-0.3, -0.25) is 9.78 Å². The third-order valence-electron chi connectivity index (χ3n) is 6.19. The quantitative estimate of drug-likeness (QED) is 0.586. The van der Waals surface area contributed by atoms with E-state index in [4.69, 9.17) is 9.97 Å². The minimum atomic E-state index is -0.300. The molecule has 1 aliphatic carbocycles. The van der Waals surface area contributed by atoms with Crippen LogP contribution in [0.25, 0.3) is 0 Å². The predicted octanol–water partition coefficient (Wildman–Crippen LogP) is 4.90. The highest BCUT2D eigenvalue weighted by molar-refractivity contribution is 5.85. The van der Waals surface area contributed by atoms with E-state index in [0.717, 1.165) is 35.7 Å². The standard InChI is InChI=1S/C26H36N4O/c1-5-17-30(24(6-2)26(31)29-22-15-11-8-12-16-22)25-23(27-19(3)20(4)28-25)18-21-13-9-7-10-14-21/h5,7,9-10,13-14,22,24H,1,6,8,11-12,15-18H2,2-4H3,(H,29,31). The van der Waals surface area contributed by atoms with E-state index in [2.05, 4.69) is 35.9 Å². The molecule has 0 bridgehead atoms. The summed E-state index contributed by atoms with van der Waals surface area (Å²) in [5.74, 6) is 0.874. The maximum Gasteiger partial charge on any atom is 0.242 e. The first-order valence-corrected chi connectivity index (χ1v) is 11.6. The van der Waals surface area contributed by atoms with Crippen molar-refractivity contribution in [2.24, 2.45) is 0 Å². The summed E-state index contributed by atoms with van der Waals surface area (Å²) in [5.41, 5.74) is 3.90. The van der Waals surface area contributed by atoms with Crippen molar-refractivity contribution >= 4 is 11.7 Å². The first-order chi connectivity index (χ1) is 15.0. The van der Waals surface area contributed by atoms with Gasteiger partial charge in [0.2, 0.25) is 5.91 Å². The van der Waals surface area contributed by atoms with Crippen LogP contribution < -0.4 is 10.2 Å². The average Bonchev–Trinajstić information content (AvgIpc) is 2.77. The summed E-state index contributed by atoms with van der Waals surface area (Å²) in [6.45, 7) is 10.5. The molecule has 0 radical (unpaired) electrons. The monoisotopic (exact) mass is 420 g/mol. The Labute approximate surface area is 187 Å². The van der Waals surface area contributed by atoms with Gasteiger partial charge in [-0.25, -0.2) is 4.98 Å². The second kappa shape index (κ2) is 11.1. The molecular formula is C26H36N4O. The molecule has 1 aromatic heterocycles. The van der Waals surface area contributed by atoms with Crippen LogP contribution >= 0.6 is 0 Å². The van der Waals surface area contributed by atoms with E-state index in [1.165, 1.54) is 24.8 Å². The lowest BCUT2D eigenvalue weighted by Gasteiger charge is -2.33. The number of anilines is 1. The van der Waals surface area contributed by atoms with Crippen LogP contribution in [-0.2, 0) is 11.2 Å². The van der Waals surface area contributed by atoms with Crippen LogP contribution in [0.5, 0.6) is 0 Å². The fourth-order valence-electron chi connectivity index (χ4n) is 4.37. The number of carbonyl (C=O) groups excluding carboxylic acids is 1. The van der Waals surface area contributed by atoms with Crippen molar-refractivity contribution in [1.82, 2.24) is 15.3 Å². The summed E-state index contributed by atoms with van der Waals surface area (Å²) >= 11 is 0. The molecule has 31 heavy (non-hydrogen) atoms. The molecular weight excluding hydrogens is 384 g/mol. The van der Waals surface area contributed by atoms with Gasteiger partial charge in [0.05, 0.1) is 17.1 Å². The minimum Gasteiger partial charge on any atom is -0.352 e. The Morgan fingerprint density at radius 3 is 2.48 bits per heavy atom. The average molecular weight is 421 g/mol. The van der Waals surface area contributed by atoms with E-state index < -0.39 is 0 Å². The van der Waals surface area contributed by atoms with Gasteiger partial charge >= 0.3 is 0 Å². The molecule has 1 heterocycles. The third kappa shape index (κ3) is 5.93. The minimum absolute atomic E-state index is 0.0851. The molecule has 1 saturated carbocycles. The molecule has 2 aromatic rings. The van der Waals surface area contributed by atoms with Crippen molar-refractivity contribution in [3.05, 3.63) is 65.6 Å². The summed E-state index contributed by atoms with van der Waals surface area (Å²) in [6.07, 6.45) is 9.04. The number of aryl methyl sites for hydroxylation is 2. The molecule has 1 unspecified atom stereocenters. The van der Waals surface area contributed by atoms with E-state index in [1.807, 2.05) is 38.1 Å². The van der Waals surface area contributed by atoms with Gasteiger partial charge < -0.3 is 10.2 Å². The normalized spacial score (nSPS) is 15.3. The summed E-state index contributed by atoms with van der Waals surface area (Å²) in [4.78, 5) is 25.2. The fraction of sp³-hybridized carbons (Fsp3) is 0.500. The van der Waals surface area contributed by atoms with Crippen LogP contribution in [0.1, 0.15) is 68.1 Å². The van der Waals surface area contributed by atoms with Gasteiger partial charge in [-0.15, -0.1) is 6.58 Å². The first kappa shape index (κ1) is 23.0. The molecule has 1 aromatic carbocycles. The lowest BCUT2D eigenvalue weighted by Crippen LogP contribution is -2.50. The molecule has 5 nitrogen and oxygen atoms in total. The van der Waals surface area contributed by atoms with Crippen molar-refractivity contribution in [2.45, 2.75) is 77.8 Å². The summed E-state index contributed by atoms with van der Waals surface area (Å²) < 4.78 is 0. The number of benzene rings is 1. The number of amides is 1. The van der Waals surface area contributed by atoms with E-state index in [-0.39, 0.29) is 18.0 Å². The van der Waals surface area contributed by atoms with E-state index in [0.29, 0.717) is 19.4 Å². The molecule has 0 aliphatic heterocycles. The second-order valence-electron chi connectivity index (χ2n) is 8.54. The van der Waals surface area contributed by atoms with Gasteiger partial charge in [-0.05, 0) is 38.7 Å². The summed E-state index contributed by atoms with van der Waals surface area (Å²) in [6, 6.07) is 10.3. The zero-order valence-electron chi connectivity index (χ0n) is 19.2. The molecule has 1 atom stereocenters. The van der Waals surface area contributed by atoms with Crippen molar-refractivity contribution < 1.29 is 4.79 Å². The van der Waals surface area contributed by atoms with Gasteiger partial charge in [0.25, 0.3) is 0 Å². The Bertz CT molecular complexity index is 874. The molecule has 5 heteroatoms. The Balaban J connectivity index is 1.93. The topological polar surface area (TPSA) is 58.1 Å². The zero-order chi connectivity index (χ0) is 22.2. The number of rotatable bonds is 9. The molecule has 1 N–H and O–H groups in total. The number of carbonyl (C=O) groups is 1. The van der Waals surface area contributed by atoms with Crippen LogP contribution in [-0.4, -0.2) is 34.5 Å². The van der Waals surface area contributed by atoms with Gasteiger partial charge in [0.1, 0.15) is 6.04 Å². The lowest BCUT2D eigenvalue weighted by molar-refractivity contribution is -0.123. The van der Waals surface area contributed by atoms with Crippen molar-refractivity contribution in [3.8, 4) is 0 Å². The molecule has 1 fully saturated rings. The van der Waals surface area contributed by atoms with Gasteiger partial charge in [0, 0.05) is 19.0 Å². The Hall–Kier alpha value is -2.69. The van der Waals surface area contributed by atoms with Crippen LogP contribution in [0.2, 0.25) is 0 Å². The number of aromatic nitrogens is 2. The van der Waals surface area contributed by atoms with Gasteiger partial charge in [-0.1, -0.05) is 62.6 Å². The third-order valence-corrected chi connectivity index (χ3v) is 6.19. The highest BCUT2D eigenvalue weighted by Crippen LogP contribution is 2.25. The number of hydrogen-bond acceptors (Lipinski definition) is 4. The van der Waals surface area contributed by atoms with E-state index in [9.17, 15) is 4.79 Å². The smallest absolute Gasteiger partial charge is 0.242 e. The van der Waals surface area contributed by atoms with E-state index >= 15 is 0 Å². The Morgan fingerprint density at radius 1 is 1.16 bits per heavy atom. The highest BCUT2D eigenvalue weighted by Gasteiger charge is 2.29. The number of hydrogen-bond donors (Lipinski definition) is 1. The maximum absolute atomic E-state index is 13.3. The van der Waals surface area contributed by atoms with Crippen molar-refractivity contribution in [2.75, 3.05) is 11.4 Å². The highest BCUT2D eigenvalue weighted by atomic mass is 16.2. The van der Waals surface area contributed by atoms with Crippen LogP contribution in [0.15, 0.2) is 43.0 Å². The second-order valence-corrected chi connectivity index (χ2v) is 8.54. The molecule has 1 aliphatic rings. The molecule has 0 spiro atoms. The summed E-state index contributed by atoms with van der Waals surface area (Å²) in [5, 5.41) is 3.31. The largest absolute Gasteiger partial charge is 0.352 e. The molecule has 3 rings (SSSR count). The summed E-state index contributed by atoms with van der Waals surface area (Å²) in [7, 11) is 0. The molecule has 0 saturated heterocycles. The van der Waals surface area contributed by atoms with Crippen molar-refractivity contribution in [1.29, 1.82) is 0 Å². The van der Waals surface area contributed by atoms with Gasteiger partial charge in [0.15, 0.2) is 5.82 Å². The van der Waals surface area contributed by atoms with E-state index in [1.54, 1.807) is 0 Å². The van der Waals surface area contributed by atoms with Crippen molar-refractivity contribution in [3.63, 3.8) is 0 Å². The number of nitrogens with zero attached hydrogens (tertiary/aromatic N) is 3. The zero-order valence-corrected chi connectivity index (χ0v) is 19.2.